The normalized spacial score (nSPS) is 49.7. The molecular formula is C7H14N2. The van der Waals surface area contributed by atoms with Gasteiger partial charge >= 0.3 is 0 Å². The van der Waals surface area contributed by atoms with E-state index in [1.807, 2.05) is 0 Å². The molecule has 3 N–H and O–H groups in total. The molecule has 52 valence electrons. The molecule has 1 aliphatic carbocycles. The first-order chi connectivity index (χ1) is 4.36. The Balaban J connectivity index is 2.07. The number of nitrogens with one attached hydrogen (secondary N) is 1. The molecule has 2 nitrogen and oxygen atoms in total. The summed E-state index contributed by atoms with van der Waals surface area (Å²) in [4.78, 5) is 0. The summed E-state index contributed by atoms with van der Waals surface area (Å²) in [5.74, 6) is 1.70. The van der Waals surface area contributed by atoms with E-state index >= 15 is 0 Å². The van der Waals surface area contributed by atoms with Crippen LogP contribution in [-0.4, -0.2) is 19.1 Å². The summed E-state index contributed by atoms with van der Waals surface area (Å²) >= 11 is 0. The van der Waals surface area contributed by atoms with Crippen LogP contribution in [0.15, 0.2) is 0 Å². The van der Waals surface area contributed by atoms with E-state index in [4.69, 9.17) is 5.73 Å². The first kappa shape index (κ1) is 5.69. The molecule has 2 aliphatic rings. The Morgan fingerprint density at radius 1 is 1.22 bits per heavy atom. The number of hydrogen-bond donors (Lipinski definition) is 2. The first-order valence-electron chi connectivity index (χ1n) is 3.82. The quantitative estimate of drug-likeness (QED) is 0.477. The van der Waals surface area contributed by atoms with E-state index in [0.717, 1.165) is 18.4 Å². The van der Waals surface area contributed by atoms with E-state index in [2.05, 4.69) is 5.32 Å². The summed E-state index contributed by atoms with van der Waals surface area (Å²) < 4.78 is 0. The van der Waals surface area contributed by atoms with E-state index in [1.54, 1.807) is 0 Å². The number of fused-ring (bicyclic) bond motifs is 2. The summed E-state index contributed by atoms with van der Waals surface area (Å²) in [5, 5.41) is 3.40. The Bertz CT molecular complexity index is 111. The molecule has 9 heavy (non-hydrogen) atoms. The van der Waals surface area contributed by atoms with Crippen molar-refractivity contribution in [2.24, 2.45) is 17.6 Å². The maximum absolute atomic E-state index is 5.88. The Morgan fingerprint density at radius 3 is 2.78 bits per heavy atom. The third-order valence-electron chi connectivity index (χ3n) is 2.69. The van der Waals surface area contributed by atoms with Gasteiger partial charge in [0.25, 0.3) is 0 Å². The number of hydrogen-bond acceptors (Lipinski definition) is 2. The van der Waals surface area contributed by atoms with E-state index in [9.17, 15) is 0 Å². The molecule has 0 aromatic heterocycles. The minimum absolute atomic E-state index is 0.505. The van der Waals surface area contributed by atoms with Gasteiger partial charge in [0.05, 0.1) is 0 Å². The highest BCUT2D eigenvalue weighted by molar-refractivity contribution is 4.91. The number of nitrogens with two attached hydrogens (primary N) is 1. The van der Waals surface area contributed by atoms with Gasteiger partial charge in [0.15, 0.2) is 0 Å². The van der Waals surface area contributed by atoms with Crippen molar-refractivity contribution in [1.29, 1.82) is 0 Å². The van der Waals surface area contributed by atoms with Crippen molar-refractivity contribution in [3.05, 3.63) is 0 Å². The van der Waals surface area contributed by atoms with Crippen molar-refractivity contribution in [1.82, 2.24) is 5.32 Å². The van der Waals surface area contributed by atoms with Crippen molar-refractivity contribution in [2.75, 3.05) is 13.1 Å². The molecule has 1 heterocycles. The van der Waals surface area contributed by atoms with Crippen LogP contribution in [-0.2, 0) is 0 Å². The first-order valence-corrected chi connectivity index (χ1v) is 3.82. The van der Waals surface area contributed by atoms with Gasteiger partial charge in [0, 0.05) is 6.04 Å². The average Bonchev–Trinajstić information content (AvgIpc) is 2.09. The van der Waals surface area contributed by atoms with Gasteiger partial charge in [-0.25, -0.2) is 0 Å². The fourth-order valence-electron chi connectivity index (χ4n) is 2.15. The van der Waals surface area contributed by atoms with Crippen LogP contribution in [0.5, 0.6) is 0 Å². The summed E-state index contributed by atoms with van der Waals surface area (Å²) in [7, 11) is 0. The molecule has 0 aromatic rings. The lowest BCUT2D eigenvalue weighted by molar-refractivity contribution is 0.370. The highest BCUT2D eigenvalue weighted by Crippen LogP contribution is 2.31. The second-order valence-electron chi connectivity index (χ2n) is 3.42. The van der Waals surface area contributed by atoms with Crippen molar-refractivity contribution < 1.29 is 0 Å². The Labute approximate surface area is 55.8 Å². The average molecular weight is 126 g/mol. The second kappa shape index (κ2) is 1.96. The Hall–Kier alpha value is -0.0800. The van der Waals surface area contributed by atoms with E-state index in [-0.39, 0.29) is 0 Å². The van der Waals surface area contributed by atoms with Crippen LogP contribution in [0.3, 0.4) is 0 Å². The Kier molecular flexibility index (Phi) is 1.24. The molecule has 1 saturated carbocycles. The van der Waals surface area contributed by atoms with Gasteiger partial charge in [-0.3, -0.25) is 0 Å². The van der Waals surface area contributed by atoms with Gasteiger partial charge < -0.3 is 11.1 Å². The van der Waals surface area contributed by atoms with Crippen LogP contribution in [0.4, 0.5) is 0 Å². The van der Waals surface area contributed by atoms with Gasteiger partial charge in [-0.1, -0.05) is 0 Å². The zero-order valence-corrected chi connectivity index (χ0v) is 5.64. The van der Waals surface area contributed by atoms with Crippen LogP contribution in [0.1, 0.15) is 12.8 Å². The third-order valence-corrected chi connectivity index (χ3v) is 2.69. The van der Waals surface area contributed by atoms with Gasteiger partial charge in [-0.15, -0.1) is 0 Å². The molecule has 0 unspecified atom stereocenters. The summed E-state index contributed by atoms with van der Waals surface area (Å²) in [6.45, 7) is 2.38. The van der Waals surface area contributed by atoms with E-state index in [1.165, 1.54) is 19.4 Å². The van der Waals surface area contributed by atoms with Crippen LogP contribution in [0.25, 0.3) is 0 Å². The largest absolute Gasteiger partial charge is 0.327 e. The van der Waals surface area contributed by atoms with Gasteiger partial charge in [0.2, 0.25) is 0 Å². The van der Waals surface area contributed by atoms with E-state index in [0.29, 0.717) is 6.04 Å². The maximum Gasteiger partial charge on any atom is 0.00825 e. The SMILES string of the molecule is N[C@@H]1C[C@H]2CNC[C@@H]1C2. The highest BCUT2D eigenvalue weighted by Gasteiger charge is 2.34. The molecule has 0 aromatic carbocycles. The van der Waals surface area contributed by atoms with Crippen molar-refractivity contribution in [3.8, 4) is 0 Å². The monoisotopic (exact) mass is 126 g/mol. The summed E-state index contributed by atoms with van der Waals surface area (Å²) in [6.07, 6.45) is 2.64. The highest BCUT2D eigenvalue weighted by atomic mass is 14.9. The minimum atomic E-state index is 0.505. The standard InChI is InChI=1S/C7H14N2/c8-7-2-5-1-6(7)4-9-3-5/h5-7,9H,1-4,8H2/t5-,6-,7+/m0/s1. The summed E-state index contributed by atoms with van der Waals surface area (Å²) in [6, 6.07) is 0.505. The zero-order valence-electron chi connectivity index (χ0n) is 5.64. The molecular weight excluding hydrogens is 112 g/mol. The molecule has 0 amide bonds. The zero-order chi connectivity index (χ0) is 6.27. The minimum Gasteiger partial charge on any atom is -0.327 e. The molecule has 2 rings (SSSR count). The van der Waals surface area contributed by atoms with E-state index < -0.39 is 0 Å². The molecule has 0 radical (unpaired) electrons. The van der Waals surface area contributed by atoms with Gasteiger partial charge in [0.1, 0.15) is 0 Å². The Morgan fingerprint density at radius 2 is 2.11 bits per heavy atom. The van der Waals surface area contributed by atoms with Gasteiger partial charge in [-0.2, -0.15) is 0 Å². The number of piperidine rings is 1. The van der Waals surface area contributed by atoms with Crippen LogP contribution in [0.2, 0.25) is 0 Å². The lowest BCUT2D eigenvalue weighted by Crippen LogP contribution is -2.34. The van der Waals surface area contributed by atoms with Crippen LogP contribution >= 0.6 is 0 Å². The molecule has 1 aliphatic heterocycles. The fraction of sp³-hybridized carbons (Fsp3) is 1.00. The second-order valence-corrected chi connectivity index (χ2v) is 3.42. The summed E-state index contributed by atoms with van der Waals surface area (Å²) in [5.41, 5.74) is 5.88. The predicted molar refractivity (Wildman–Crippen MR) is 37.1 cm³/mol. The molecule has 1 saturated heterocycles. The van der Waals surface area contributed by atoms with Crippen LogP contribution in [0, 0.1) is 11.8 Å². The molecule has 2 heteroatoms. The lowest BCUT2D eigenvalue weighted by atomic mass is 10.0. The van der Waals surface area contributed by atoms with Crippen molar-refractivity contribution in [2.45, 2.75) is 18.9 Å². The molecule has 3 atom stereocenters. The fourth-order valence-corrected chi connectivity index (χ4v) is 2.15. The molecule has 2 fully saturated rings. The van der Waals surface area contributed by atoms with Crippen LogP contribution < -0.4 is 11.1 Å². The van der Waals surface area contributed by atoms with Crippen molar-refractivity contribution in [3.63, 3.8) is 0 Å². The van der Waals surface area contributed by atoms with Crippen molar-refractivity contribution >= 4 is 0 Å². The topological polar surface area (TPSA) is 38.0 Å². The molecule has 0 spiro atoms. The third kappa shape index (κ3) is 0.864. The predicted octanol–water partition coefficient (Wildman–Crippen LogP) is -0.0569. The lowest BCUT2D eigenvalue weighted by Gasteiger charge is -2.20. The smallest absolute Gasteiger partial charge is 0.00825 e. The molecule has 2 bridgehead atoms. The maximum atomic E-state index is 5.88. The van der Waals surface area contributed by atoms with Gasteiger partial charge in [-0.05, 0) is 37.8 Å². The number of rotatable bonds is 0.